The molecule has 4 nitrogen and oxygen atoms in total. The average molecular weight is 360 g/mol. The minimum atomic E-state index is -0.263. The molecule has 4 heteroatoms. The van der Waals surface area contributed by atoms with Gasteiger partial charge in [-0.25, -0.2) is 0 Å². The molecule has 1 heterocycles. The van der Waals surface area contributed by atoms with E-state index in [0.717, 1.165) is 36.8 Å². The molecule has 0 aliphatic rings. The van der Waals surface area contributed by atoms with Crippen molar-refractivity contribution in [3.63, 3.8) is 0 Å². The molecule has 0 aliphatic heterocycles. The molecule has 0 amide bonds. The first-order valence-electron chi connectivity index (χ1n) is 10.1. The van der Waals surface area contributed by atoms with Gasteiger partial charge in [0.2, 0.25) is 5.75 Å². The summed E-state index contributed by atoms with van der Waals surface area (Å²) < 4.78 is 7.22. The third-order valence-electron chi connectivity index (χ3n) is 4.97. The van der Waals surface area contributed by atoms with E-state index in [1.807, 2.05) is 12.1 Å². The molecule has 2 rings (SSSR count). The predicted octanol–water partition coefficient (Wildman–Crippen LogP) is 5.33. The minimum Gasteiger partial charge on any atom is -0.504 e. The number of pyridine rings is 1. The van der Waals surface area contributed by atoms with E-state index in [9.17, 15) is 9.90 Å². The second-order valence-electron chi connectivity index (χ2n) is 7.07. The number of benzene rings is 1. The molecule has 0 fully saturated rings. The van der Waals surface area contributed by atoms with Gasteiger partial charge in [-0.05, 0) is 30.9 Å². The number of para-hydroxylation sites is 1. The van der Waals surface area contributed by atoms with Crippen molar-refractivity contribution < 1.29 is 9.84 Å². The van der Waals surface area contributed by atoms with Crippen LogP contribution in [0.4, 0.5) is 0 Å². The predicted molar refractivity (Wildman–Crippen MR) is 108 cm³/mol. The fourth-order valence-corrected chi connectivity index (χ4v) is 3.40. The van der Waals surface area contributed by atoms with E-state index < -0.39 is 0 Å². The van der Waals surface area contributed by atoms with Gasteiger partial charge in [0, 0.05) is 12.4 Å². The highest BCUT2D eigenvalue weighted by Gasteiger charge is 2.17. The fourth-order valence-electron chi connectivity index (χ4n) is 3.40. The average Bonchev–Trinajstić information content (AvgIpc) is 2.65. The van der Waals surface area contributed by atoms with E-state index in [1.54, 1.807) is 11.6 Å². The summed E-state index contributed by atoms with van der Waals surface area (Å²) in [5.74, 6) is 0.0502. The third-order valence-corrected chi connectivity index (χ3v) is 4.97. The van der Waals surface area contributed by atoms with Gasteiger partial charge in [0.1, 0.15) is 0 Å². The molecule has 0 atom stereocenters. The van der Waals surface area contributed by atoms with Gasteiger partial charge in [-0.15, -0.1) is 0 Å². The van der Waals surface area contributed by atoms with Gasteiger partial charge in [-0.2, -0.15) is 0 Å². The summed E-state index contributed by atoms with van der Waals surface area (Å²) in [5, 5.41) is 11.3. The molecular formula is C22H33NO3. The molecule has 0 unspecified atom stereocenters. The molecule has 0 spiro atoms. The van der Waals surface area contributed by atoms with Crippen LogP contribution in [0.3, 0.4) is 0 Å². The van der Waals surface area contributed by atoms with Crippen LogP contribution in [-0.4, -0.2) is 16.3 Å². The molecule has 1 aromatic heterocycles. The summed E-state index contributed by atoms with van der Waals surface area (Å²) in [6.45, 7) is 4.74. The summed E-state index contributed by atoms with van der Waals surface area (Å²) >= 11 is 0. The number of hydrogen-bond donors (Lipinski definition) is 1. The fraction of sp³-hybridized carbons (Fsp3) is 0.591. The number of hydrogen-bond acceptors (Lipinski definition) is 3. The molecule has 1 N–H and O–H groups in total. The zero-order valence-electron chi connectivity index (χ0n) is 16.5. The summed E-state index contributed by atoms with van der Waals surface area (Å²) in [7, 11) is 1.77. The van der Waals surface area contributed by atoms with Crippen LogP contribution in [0, 0.1) is 0 Å². The summed E-state index contributed by atoms with van der Waals surface area (Å²) in [5.41, 5.74) is 1.68. The lowest BCUT2D eigenvalue weighted by atomic mass is 10.0. The van der Waals surface area contributed by atoms with Crippen molar-refractivity contribution in [1.82, 2.24) is 4.57 Å². The Kier molecular flexibility index (Phi) is 8.02. The van der Waals surface area contributed by atoms with Gasteiger partial charge < -0.3 is 14.4 Å². The number of rotatable bonds is 11. The molecule has 1 aromatic carbocycles. The maximum Gasteiger partial charge on any atom is 0.297 e. The molecule has 0 saturated carbocycles. The van der Waals surface area contributed by atoms with E-state index in [-0.39, 0.29) is 17.1 Å². The Morgan fingerprint density at radius 3 is 2.42 bits per heavy atom. The van der Waals surface area contributed by atoms with Gasteiger partial charge in [-0.1, -0.05) is 64.5 Å². The van der Waals surface area contributed by atoms with Gasteiger partial charge in [0.05, 0.1) is 12.1 Å². The van der Waals surface area contributed by atoms with E-state index in [0.29, 0.717) is 12.0 Å². The molecule has 26 heavy (non-hydrogen) atoms. The van der Waals surface area contributed by atoms with Crippen molar-refractivity contribution in [2.75, 3.05) is 6.61 Å². The first-order chi connectivity index (χ1) is 12.6. The van der Waals surface area contributed by atoms with E-state index in [1.165, 1.54) is 32.1 Å². The minimum absolute atomic E-state index is 0.0241. The largest absolute Gasteiger partial charge is 0.504 e. The van der Waals surface area contributed by atoms with Crippen molar-refractivity contribution in [3.05, 3.63) is 34.1 Å². The number of aromatic hydroxyl groups is 1. The summed E-state index contributed by atoms with van der Waals surface area (Å²) in [4.78, 5) is 12.7. The Morgan fingerprint density at radius 1 is 1.00 bits per heavy atom. The summed E-state index contributed by atoms with van der Waals surface area (Å²) in [6.07, 6.45) is 10.2. The second kappa shape index (κ2) is 10.2. The van der Waals surface area contributed by atoms with Crippen molar-refractivity contribution >= 4 is 10.9 Å². The van der Waals surface area contributed by atoms with Gasteiger partial charge in [-0.3, -0.25) is 4.79 Å². The van der Waals surface area contributed by atoms with Crippen LogP contribution in [0.1, 0.15) is 70.8 Å². The van der Waals surface area contributed by atoms with E-state index in [2.05, 4.69) is 19.9 Å². The van der Waals surface area contributed by atoms with Crippen LogP contribution in [0.2, 0.25) is 0 Å². The number of unbranched alkanes of at least 4 members (excludes halogenated alkanes) is 6. The van der Waals surface area contributed by atoms with Crippen molar-refractivity contribution in [2.24, 2.45) is 7.05 Å². The van der Waals surface area contributed by atoms with Gasteiger partial charge >= 0.3 is 0 Å². The van der Waals surface area contributed by atoms with Crippen LogP contribution >= 0.6 is 0 Å². The van der Waals surface area contributed by atoms with Gasteiger partial charge in [0.25, 0.3) is 5.56 Å². The Balaban J connectivity index is 2.24. The zero-order valence-corrected chi connectivity index (χ0v) is 16.5. The number of aromatic nitrogens is 1. The highest BCUT2D eigenvalue weighted by molar-refractivity contribution is 5.89. The normalized spacial score (nSPS) is 11.2. The Bertz CT molecular complexity index is 764. The first-order valence-corrected chi connectivity index (χ1v) is 10.1. The van der Waals surface area contributed by atoms with Crippen LogP contribution in [0.15, 0.2) is 23.0 Å². The molecule has 0 bridgehead atoms. The highest BCUT2D eigenvalue weighted by atomic mass is 16.5. The lowest BCUT2D eigenvalue weighted by molar-refractivity contribution is 0.288. The molecule has 0 radical (unpaired) electrons. The lowest BCUT2D eigenvalue weighted by Crippen LogP contribution is -2.21. The molecule has 0 aliphatic carbocycles. The standard InChI is InChI=1S/C22H33NO3/c1-4-6-8-9-10-11-13-17-14-12-15-18-19(17)23(3)22(25)21(20(18)24)26-16-7-5-2/h12,14-15,24H,4-11,13,16H2,1-3H3. The monoisotopic (exact) mass is 359 g/mol. The quantitative estimate of drug-likeness (QED) is 0.552. The Morgan fingerprint density at radius 2 is 1.69 bits per heavy atom. The van der Waals surface area contributed by atoms with Gasteiger partial charge in [0.15, 0.2) is 5.75 Å². The number of nitrogens with zero attached hydrogens (tertiary/aromatic N) is 1. The van der Waals surface area contributed by atoms with E-state index >= 15 is 0 Å². The maximum atomic E-state index is 12.7. The first kappa shape index (κ1) is 20.3. The smallest absolute Gasteiger partial charge is 0.297 e. The number of aryl methyl sites for hydroxylation is 2. The van der Waals surface area contributed by atoms with Crippen molar-refractivity contribution in [2.45, 2.75) is 71.6 Å². The van der Waals surface area contributed by atoms with Crippen LogP contribution < -0.4 is 10.3 Å². The lowest BCUT2D eigenvalue weighted by Gasteiger charge is -2.15. The molecular weight excluding hydrogens is 326 g/mol. The second-order valence-corrected chi connectivity index (χ2v) is 7.07. The van der Waals surface area contributed by atoms with Crippen molar-refractivity contribution in [1.29, 1.82) is 0 Å². The molecule has 144 valence electrons. The van der Waals surface area contributed by atoms with Crippen LogP contribution in [-0.2, 0) is 13.5 Å². The zero-order chi connectivity index (χ0) is 18.9. The van der Waals surface area contributed by atoms with Crippen LogP contribution in [0.5, 0.6) is 11.5 Å². The van der Waals surface area contributed by atoms with Crippen molar-refractivity contribution in [3.8, 4) is 11.5 Å². The Hall–Kier alpha value is -1.97. The number of ether oxygens (including phenoxy) is 1. The number of fused-ring (bicyclic) bond motifs is 1. The maximum absolute atomic E-state index is 12.7. The molecule has 2 aromatic rings. The SMILES string of the molecule is CCCCCCCCc1cccc2c(O)c(OCCCC)c(=O)n(C)c12. The highest BCUT2D eigenvalue weighted by Crippen LogP contribution is 2.33. The van der Waals surface area contributed by atoms with E-state index in [4.69, 9.17) is 4.74 Å². The topological polar surface area (TPSA) is 51.5 Å². The van der Waals surface area contributed by atoms with Crippen LogP contribution in [0.25, 0.3) is 10.9 Å². The third kappa shape index (κ3) is 4.80. The Labute approximate surface area is 156 Å². The molecule has 0 saturated heterocycles. The summed E-state index contributed by atoms with van der Waals surface area (Å²) in [6, 6.07) is 5.88.